The van der Waals surface area contributed by atoms with Crippen molar-refractivity contribution in [2.24, 2.45) is 28.6 Å². The molecular formula is C20H32O4. The Labute approximate surface area is 145 Å². The Kier molecular flexibility index (Phi) is 4.82. The molecule has 0 aromatic heterocycles. The minimum absolute atomic E-state index is 0.0486. The molecule has 0 bridgehead atoms. The first kappa shape index (κ1) is 17.9. The Morgan fingerprint density at radius 3 is 2.67 bits per heavy atom. The van der Waals surface area contributed by atoms with E-state index in [0.29, 0.717) is 24.4 Å². The van der Waals surface area contributed by atoms with Gasteiger partial charge in [0.15, 0.2) is 0 Å². The second-order valence-corrected chi connectivity index (χ2v) is 8.80. The highest BCUT2D eigenvalue weighted by molar-refractivity contribution is 5.90. The van der Waals surface area contributed by atoms with Crippen molar-refractivity contribution in [3.8, 4) is 0 Å². The third-order valence-corrected chi connectivity index (χ3v) is 7.63. The van der Waals surface area contributed by atoms with Gasteiger partial charge in [0.1, 0.15) is 6.61 Å². The molecule has 4 nitrogen and oxygen atoms in total. The first-order valence-electron chi connectivity index (χ1n) is 9.48. The van der Waals surface area contributed by atoms with E-state index in [0.717, 1.165) is 44.1 Å². The molecule has 1 heterocycles. The van der Waals surface area contributed by atoms with Gasteiger partial charge in [0.25, 0.3) is 0 Å². The van der Waals surface area contributed by atoms with Gasteiger partial charge in [-0.2, -0.15) is 0 Å². The number of cyclic esters (lactones) is 1. The van der Waals surface area contributed by atoms with Crippen molar-refractivity contribution in [2.75, 3.05) is 13.2 Å². The molecule has 1 aliphatic heterocycles. The van der Waals surface area contributed by atoms with E-state index in [-0.39, 0.29) is 18.0 Å². The molecule has 2 N–H and O–H groups in total. The van der Waals surface area contributed by atoms with E-state index in [1.165, 1.54) is 0 Å². The van der Waals surface area contributed by atoms with Crippen LogP contribution in [0.2, 0.25) is 0 Å². The molecule has 2 saturated carbocycles. The minimum Gasteiger partial charge on any atom is -0.458 e. The lowest BCUT2D eigenvalue weighted by molar-refractivity contribution is -0.172. The first-order chi connectivity index (χ1) is 11.3. The molecule has 0 spiro atoms. The van der Waals surface area contributed by atoms with E-state index >= 15 is 0 Å². The largest absolute Gasteiger partial charge is 0.458 e. The minimum atomic E-state index is -0.415. The highest BCUT2D eigenvalue weighted by atomic mass is 16.5. The zero-order valence-corrected chi connectivity index (χ0v) is 15.3. The summed E-state index contributed by atoms with van der Waals surface area (Å²) in [5, 5.41) is 20.6. The molecule has 3 rings (SSSR count). The predicted octanol–water partition coefficient (Wildman–Crippen LogP) is 3.07. The molecule has 3 aliphatic rings. The molecule has 0 saturated heterocycles. The van der Waals surface area contributed by atoms with E-state index < -0.39 is 11.5 Å². The third kappa shape index (κ3) is 2.72. The summed E-state index contributed by atoms with van der Waals surface area (Å²) in [4.78, 5) is 11.7. The van der Waals surface area contributed by atoms with Crippen LogP contribution in [0, 0.1) is 28.6 Å². The van der Waals surface area contributed by atoms with Crippen LogP contribution in [0.15, 0.2) is 11.6 Å². The number of fused-ring (bicyclic) bond motifs is 1. The Morgan fingerprint density at radius 2 is 2.04 bits per heavy atom. The van der Waals surface area contributed by atoms with Crippen molar-refractivity contribution >= 4 is 5.97 Å². The van der Waals surface area contributed by atoms with Gasteiger partial charge in [-0.1, -0.05) is 27.2 Å². The molecule has 24 heavy (non-hydrogen) atoms. The maximum atomic E-state index is 11.7. The number of aliphatic hydroxyl groups is 2. The van der Waals surface area contributed by atoms with Crippen LogP contribution in [0.25, 0.3) is 0 Å². The summed E-state index contributed by atoms with van der Waals surface area (Å²) >= 11 is 0. The van der Waals surface area contributed by atoms with E-state index in [1.54, 1.807) is 0 Å². The van der Waals surface area contributed by atoms with Gasteiger partial charge in [-0.15, -0.1) is 0 Å². The fraction of sp³-hybridized carbons (Fsp3) is 0.850. The smallest absolute Gasteiger partial charge is 0.334 e. The topological polar surface area (TPSA) is 66.8 Å². The molecule has 2 aliphatic carbocycles. The lowest BCUT2D eigenvalue weighted by Gasteiger charge is -2.61. The number of aliphatic hydroxyl groups excluding tert-OH is 2. The van der Waals surface area contributed by atoms with Crippen LogP contribution in [0.4, 0.5) is 0 Å². The Hall–Kier alpha value is -0.870. The Morgan fingerprint density at radius 1 is 1.29 bits per heavy atom. The average molecular weight is 336 g/mol. The summed E-state index contributed by atoms with van der Waals surface area (Å²) < 4.78 is 5.03. The van der Waals surface area contributed by atoms with Crippen molar-refractivity contribution in [1.29, 1.82) is 0 Å². The van der Waals surface area contributed by atoms with Crippen LogP contribution in [0.5, 0.6) is 0 Å². The molecule has 0 amide bonds. The molecule has 4 heteroatoms. The molecule has 6 atom stereocenters. The van der Waals surface area contributed by atoms with Crippen molar-refractivity contribution in [2.45, 2.75) is 65.4 Å². The predicted molar refractivity (Wildman–Crippen MR) is 92.2 cm³/mol. The normalized spacial score (nSPS) is 45.5. The number of hydrogen-bond acceptors (Lipinski definition) is 4. The van der Waals surface area contributed by atoms with Crippen LogP contribution in [0.1, 0.15) is 59.3 Å². The number of carbonyl (C=O) groups excluding carboxylic acids is 1. The number of esters is 1. The van der Waals surface area contributed by atoms with Crippen LogP contribution < -0.4 is 0 Å². The van der Waals surface area contributed by atoms with Crippen LogP contribution in [0.3, 0.4) is 0 Å². The van der Waals surface area contributed by atoms with Gasteiger partial charge in [-0.3, -0.25) is 0 Å². The van der Waals surface area contributed by atoms with Crippen molar-refractivity contribution in [3.05, 3.63) is 11.6 Å². The van der Waals surface area contributed by atoms with Crippen molar-refractivity contribution in [1.82, 2.24) is 0 Å². The summed E-state index contributed by atoms with van der Waals surface area (Å²) in [7, 11) is 0. The molecular weight excluding hydrogens is 304 g/mol. The Balaban J connectivity index is 1.81. The molecule has 0 radical (unpaired) electrons. The summed E-state index contributed by atoms with van der Waals surface area (Å²) in [6.07, 6.45) is 7.26. The Bertz CT molecular complexity index is 528. The number of ether oxygens (including phenoxy) is 1. The highest BCUT2D eigenvalue weighted by Crippen LogP contribution is 2.62. The van der Waals surface area contributed by atoms with Crippen molar-refractivity contribution in [3.63, 3.8) is 0 Å². The maximum absolute atomic E-state index is 11.7. The van der Waals surface area contributed by atoms with Gasteiger partial charge in [0, 0.05) is 11.0 Å². The number of hydrogen-bond donors (Lipinski definition) is 2. The van der Waals surface area contributed by atoms with E-state index in [2.05, 4.69) is 20.8 Å². The molecule has 1 unspecified atom stereocenters. The van der Waals surface area contributed by atoms with Crippen LogP contribution in [-0.4, -0.2) is 35.5 Å². The summed E-state index contributed by atoms with van der Waals surface area (Å²) in [6, 6.07) is 0. The monoisotopic (exact) mass is 336 g/mol. The van der Waals surface area contributed by atoms with Gasteiger partial charge >= 0.3 is 5.97 Å². The van der Waals surface area contributed by atoms with E-state index in [1.807, 2.05) is 6.08 Å². The van der Waals surface area contributed by atoms with Gasteiger partial charge < -0.3 is 14.9 Å². The van der Waals surface area contributed by atoms with Gasteiger partial charge in [0.05, 0.1) is 12.7 Å². The second kappa shape index (κ2) is 6.45. The van der Waals surface area contributed by atoms with Gasteiger partial charge in [-0.25, -0.2) is 4.79 Å². The third-order valence-electron chi connectivity index (χ3n) is 7.63. The maximum Gasteiger partial charge on any atom is 0.334 e. The zero-order chi connectivity index (χ0) is 17.5. The van der Waals surface area contributed by atoms with Crippen LogP contribution in [-0.2, 0) is 9.53 Å². The standard InChI is InChI=1S/C20H32O4/c1-13-4-7-16-19(2,10-8-17(22)20(16,3)12-21)15(13)6-5-14-9-11-24-18(14)23/h9,13,15-17,21-22H,4-8,10-12H2,1-3H3/t13?,15-,16+,17-,19+,20+/m1/s1. The summed E-state index contributed by atoms with van der Waals surface area (Å²) in [6.45, 7) is 7.22. The lowest BCUT2D eigenvalue weighted by Crippen LogP contribution is -2.58. The average Bonchev–Trinajstić information content (AvgIpc) is 2.96. The summed E-state index contributed by atoms with van der Waals surface area (Å²) in [5.41, 5.74) is 0.544. The number of carbonyl (C=O) groups is 1. The zero-order valence-electron chi connectivity index (χ0n) is 15.3. The second-order valence-electron chi connectivity index (χ2n) is 8.80. The first-order valence-corrected chi connectivity index (χ1v) is 9.48. The molecule has 0 aromatic carbocycles. The van der Waals surface area contributed by atoms with Crippen LogP contribution >= 0.6 is 0 Å². The molecule has 0 aromatic rings. The fourth-order valence-corrected chi connectivity index (χ4v) is 6.06. The molecule has 2 fully saturated rings. The highest BCUT2D eigenvalue weighted by Gasteiger charge is 2.57. The van der Waals surface area contributed by atoms with Crippen molar-refractivity contribution < 1.29 is 19.7 Å². The number of rotatable bonds is 4. The molecule has 136 valence electrons. The van der Waals surface area contributed by atoms with E-state index in [4.69, 9.17) is 4.74 Å². The van der Waals surface area contributed by atoms with Gasteiger partial charge in [-0.05, 0) is 61.3 Å². The quantitative estimate of drug-likeness (QED) is 0.774. The summed E-state index contributed by atoms with van der Waals surface area (Å²) in [5.74, 6) is 1.32. The fourth-order valence-electron chi connectivity index (χ4n) is 6.06. The lowest BCUT2D eigenvalue weighted by atomic mass is 9.45. The van der Waals surface area contributed by atoms with Gasteiger partial charge in [0.2, 0.25) is 0 Å². The SMILES string of the molecule is CC1CC[C@@H]2[C@](C)(CO)[C@H](O)CC[C@@]2(C)[C@@H]1CCC1=CCOC1=O. The van der Waals surface area contributed by atoms with E-state index in [9.17, 15) is 15.0 Å².